The third-order valence-electron chi connectivity index (χ3n) is 2.27. The summed E-state index contributed by atoms with van der Waals surface area (Å²) in [5, 5.41) is 0. The van der Waals surface area contributed by atoms with Crippen LogP contribution in [0.1, 0.15) is 10.4 Å². The maximum atomic E-state index is 12.2. The Hall–Kier alpha value is -2.25. The normalized spacial score (nSPS) is 10.2. The van der Waals surface area contributed by atoms with Crippen molar-refractivity contribution in [2.75, 3.05) is 27.4 Å². The minimum Gasteiger partial charge on any atom is -0.415 e. The highest BCUT2D eigenvalue weighted by Gasteiger charge is 2.28. The molecule has 0 bridgehead atoms. The van der Waals surface area contributed by atoms with E-state index >= 15 is 0 Å². The summed E-state index contributed by atoms with van der Waals surface area (Å²) >= 11 is 0. The van der Waals surface area contributed by atoms with Crippen molar-refractivity contribution in [1.29, 1.82) is 0 Å². The fourth-order valence-corrected chi connectivity index (χ4v) is 1.41. The summed E-state index contributed by atoms with van der Waals surface area (Å²) in [7, 11) is 2.60. The van der Waals surface area contributed by atoms with Crippen molar-refractivity contribution in [2.24, 2.45) is 0 Å². The number of hydrogen-bond acceptors (Lipinski definition) is 7. The van der Waals surface area contributed by atoms with E-state index in [2.05, 4.69) is 9.47 Å². The molecule has 0 aliphatic heterocycles. The first-order valence-corrected chi connectivity index (χ1v) is 6.04. The Bertz CT molecular complexity index is 463. The van der Waals surface area contributed by atoms with Gasteiger partial charge in [-0.2, -0.15) is 0 Å². The molecule has 0 radical (unpaired) electrons. The van der Waals surface area contributed by atoms with E-state index in [9.17, 15) is 14.4 Å². The van der Waals surface area contributed by atoms with Crippen molar-refractivity contribution in [3.05, 3.63) is 35.9 Å². The van der Waals surface area contributed by atoms with E-state index in [-0.39, 0.29) is 18.8 Å². The van der Waals surface area contributed by atoms with Gasteiger partial charge in [-0.15, -0.1) is 0 Å². The Morgan fingerprint density at radius 1 is 0.905 bits per heavy atom. The highest BCUT2D eigenvalue weighted by atomic mass is 16.7. The molecule has 1 aromatic carbocycles. The second-order valence-corrected chi connectivity index (χ2v) is 3.91. The van der Waals surface area contributed by atoms with Gasteiger partial charge in [-0.3, -0.25) is 4.79 Å². The van der Waals surface area contributed by atoms with Crippen molar-refractivity contribution in [3.8, 4) is 0 Å². The highest BCUT2D eigenvalue weighted by molar-refractivity contribution is 6.00. The van der Waals surface area contributed by atoms with Crippen molar-refractivity contribution in [2.45, 2.75) is 6.29 Å². The first-order chi connectivity index (χ1) is 10.1. The molecule has 1 aromatic rings. The lowest BCUT2D eigenvalue weighted by Gasteiger charge is -2.17. The number of ketones is 1. The monoisotopic (exact) mass is 296 g/mol. The molecule has 0 heterocycles. The fourth-order valence-electron chi connectivity index (χ4n) is 1.41. The quantitative estimate of drug-likeness (QED) is 0.394. The Labute approximate surface area is 121 Å². The van der Waals surface area contributed by atoms with Gasteiger partial charge in [-0.25, -0.2) is 9.59 Å². The van der Waals surface area contributed by atoms with Gasteiger partial charge in [0.2, 0.25) is 5.78 Å². The first kappa shape index (κ1) is 16.8. The molecule has 0 saturated heterocycles. The van der Waals surface area contributed by atoms with Crippen LogP contribution in [0.5, 0.6) is 0 Å². The van der Waals surface area contributed by atoms with Crippen LogP contribution in [0, 0.1) is 0 Å². The summed E-state index contributed by atoms with van der Waals surface area (Å²) < 4.78 is 18.8. The molecular formula is C14H16O7. The van der Waals surface area contributed by atoms with E-state index in [0.29, 0.717) is 0 Å². The Kier molecular flexibility index (Phi) is 7.06. The van der Waals surface area contributed by atoms with Crippen LogP contribution in [0.3, 0.4) is 0 Å². The standard InChI is InChI=1S/C14H16O7/c1-18-8-11(15)20-14(21-12(16)9-19-2)13(17)10-6-4-3-5-7-10/h3-7,14H,8-9H2,1-2H3. The van der Waals surface area contributed by atoms with E-state index in [1.807, 2.05) is 0 Å². The molecule has 0 aliphatic rings. The van der Waals surface area contributed by atoms with Gasteiger partial charge in [0.1, 0.15) is 13.2 Å². The molecule has 114 valence electrons. The van der Waals surface area contributed by atoms with Crippen LogP contribution in [0.25, 0.3) is 0 Å². The molecule has 0 aliphatic carbocycles. The van der Waals surface area contributed by atoms with Gasteiger partial charge in [-0.05, 0) is 0 Å². The summed E-state index contributed by atoms with van der Waals surface area (Å²) in [6.07, 6.45) is -1.67. The van der Waals surface area contributed by atoms with Gasteiger partial charge in [0.15, 0.2) is 0 Å². The third-order valence-corrected chi connectivity index (χ3v) is 2.27. The second-order valence-electron chi connectivity index (χ2n) is 3.91. The zero-order valence-electron chi connectivity index (χ0n) is 11.7. The Morgan fingerprint density at radius 3 is 1.81 bits per heavy atom. The summed E-state index contributed by atoms with van der Waals surface area (Å²) in [4.78, 5) is 35.0. The predicted molar refractivity (Wildman–Crippen MR) is 70.5 cm³/mol. The minimum absolute atomic E-state index is 0.248. The topological polar surface area (TPSA) is 88.1 Å². The van der Waals surface area contributed by atoms with Gasteiger partial charge < -0.3 is 18.9 Å². The largest absolute Gasteiger partial charge is 0.415 e. The van der Waals surface area contributed by atoms with E-state index in [1.165, 1.54) is 26.4 Å². The number of carbonyl (C=O) groups is 3. The average molecular weight is 296 g/mol. The molecule has 0 amide bonds. The molecule has 0 fully saturated rings. The minimum atomic E-state index is -1.67. The van der Waals surface area contributed by atoms with Crippen molar-refractivity contribution >= 4 is 17.7 Å². The van der Waals surface area contributed by atoms with Crippen LogP contribution in [-0.2, 0) is 28.5 Å². The molecule has 7 heteroatoms. The van der Waals surface area contributed by atoms with Crippen LogP contribution in [-0.4, -0.2) is 51.4 Å². The van der Waals surface area contributed by atoms with E-state index in [4.69, 9.17) is 9.47 Å². The smallest absolute Gasteiger partial charge is 0.335 e. The van der Waals surface area contributed by atoms with Crippen LogP contribution in [0.4, 0.5) is 0 Å². The van der Waals surface area contributed by atoms with E-state index in [0.717, 1.165) is 0 Å². The maximum absolute atomic E-state index is 12.2. The number of carbonyl (C=O) groups excluding carboxylic acids is 3. The second kappa shape index (κ2) is 8.83. The Morgan fingerprint density at radius 2 is 1.38 bits per heavy atom. The summed E-state index contributed by atoms with van der Waals surface area (Å²) in [6.45, 7) is -0.721. The number of esters is 2. The van der Waals surface area contributed by atoms with Crippen LogP contribution in [0.15, 0.2) is 30.3 Å². The molecular weight excluding hydrogens is 280 g/mol. The molecule has 0 unspecified atom stereocenters. The predicted octanol–water partition coefficient (Wildman–Crippen LogP) is 0.575. The molecule has 0 saturated carbocycles. The number of ether oxygens (including phenoxy) is 4. The fraction of sp³-hybridized carbons (Fsp3) is 0.357. The van der Waals surface area contributed by atoms with Crippen LogP contribution in [0.2, 0.25) is 0 Å². The van der Waals surface area contributed by atoms with Crippen molar-refractivity contribution in [3.63, 3.8) is 0 Å². The summed E-state index contributed by atoms with van der Waals surface area (Å²) in [6, 6.07) is 8.03. The van der Waals surface area contributed by atoms with E-state index < -0.39 is 24.0 Å². The zero-order chi connectivity index (χ0) is 15.7. The molecule has 0 aromatic heterocycles. The number of hydrogen-bond donors (Lipinski definition) is 0. The van der Waals surface area contributed by atoms with Gasteiger partial charge in [0.05, 0.1) is 0 Å². The van der Waals surface area contributed by atoms with E-state index in [1.54, 1.807) is 18.2 Å². The Balaban J connectivity index is 2.82. The number of benzene rings is 1. The van der Waals surface area contributed by atoms with Gasteiger partial charge in [0, 0.05) is 19.8 Å². The third kappa shape index (κ3) is 5.72. The molecule has 0 spiro atoms. The summed E-state index contributed by atoms with van der Waals surface area (Å²) in [5.41, 5.74) is 0.248. The molecule has 1 rings (SSSR count). The number of rotatable bonds is 8. The number of methoxy groups -OCH3 is 2. The molecule has 21 heavy (non-hydrogen) atoms. The highest BCUT2D eigenvalue weighted by Crippen LogP contribution is 2.09. The lowest BCUT2D eigenvalue weighted by atomic mass is 10.1. The lowest BCUT2D eigenvalue weighted by molar-refractivity contribution is -0.183. The maximum Gasteiger partial charge on any atom is 0.335 e. The van der Waals surface area contributed by atoms with Gasteiger partial charge in [0.25, 0.3) is 0 Å². The first-order valence-electron chi connectivity index (χ1n) is 6.04. The lowest BCUT2D eigenvalue weighted by Crippen LogP contribution is -2.34. The molecule has 0 N–H and O–H groups in total. The molecule has 7 nitrogen and oxygen atoms in total. The molecule has 0 atom stereocenters. The summed E-state index contributed by atoms with van der Waals surface area (Å²) in [5.74, 6) is -2.29. The zero-order valence-corrected chi connectivity index (χ0v) is 11.7. The van der Waals surface area contributed by atoms with Crippen LogP contribution >= 0.6 is 0 Å². The van der Waals surface area contributed by atoms with Crippen molar-refractivity contribution in [1.82, 2.24) is 0 Å². The SMILES string of the molecule is COCC(=O)OC(OC(=O)COC)C(=O)c1ccccc1. The van der Waals surface area contributed by atoms with Gasteiger partial charge in [-0.1, -0.05) is 30.3 Å². The number of Topliss-reactive ketones (excluding diaryl/α,β-unsaturated/α-hetero) is 1. The van der Waals surface area contributed by atoms with Crippen molar-refractivity contribution < 1.29 is 33.3 Å². The average Bonchev–Trinajstić information content (AvgIpc) is 2.47. The van der Waals surface area contributed by atoms with Crippen LogP contribution < -0.4 is 0 Å². The van der Waals surface area contributed by atoms with Gasteiger partial charge >= 0.3 is 18.2 Å².